The lowest BCUT2D eigenvalue weighted by molar-refractivity contribution is -0.137. The maximum Gasteiger partial charge on any atom is 0.416 e. The van der Waals surface area contributed by atoms with Gasteiger partial charge in [-0.25, -0.2) is 0 Å². The topological polar surface area (TPSA) is 46.2 Å². The molecule has 1 aliphatic heterocycles. The average molecular weight is 350 g/mol. The summed E-state index contributed by atoms with van der Waals surface area (Å²) in [5.41, 5.74) is -0.928. The second-order valence-electron chi connectivity index (χ2n) is 4.46. The van der Waals surface area contributed by atoms with E-state index >= 15 is 0 Å². The van der Waals surface area contributed by atoms with Crippen molar-refractivity contribution in [3.05, 3.63) is 56.9 Å². The number of rotatable bonds is 3. The van der Waals surface area contributed by atoms with E-state index in [9.17, 15) is 22.8 Å². The third kappa shape index (κ3) is 3.03. The van der Waals surface area contributed by atoms with Crippen LogP contribution in [0.15, 0.2) is 45.7 Å². The lowest BCUT2D eigenvalue weighted by Crippen LogP contribution is -2.24. The SMILES string of the molecule is O=CC1=C(Cl)NC(Cl)=C(C=O)C1c1cccc(C(F)(F)F)c1. The Labute approximate surface area is 133 Å². The molecule has 0 fully saturated rings. The van der Waals surface area contributed by atoms with E-state index in [1.54, 1.807) is 0 Å². The maximum atomic E-state index is 12.8. The molecule has 0 atom stereocenters. The van der Waals surface area contributed by atoms with Crippen molar-refractivity contribution in [3.8, 4) is 0 Å². The first kappa shape index (κ1) is 16.6. The van der Waals surface area contributed by atoms with E-state index in [-0.39, 0.29) is 27.0 Å². The van der Waals surface area contributed by atoms with Gasteiger partial charge in [0.1, 0.15) is 22.9 Å². The summed E-state index contributed by atoms with van der Waals surface area (Å²) in [6.45, 7) is 0. The summed E-state index contributed by atoms with van der Waals surface area (Å²) in [6, 6.07) is 4.30. The highest BCUT2D eigenvalue weighted by Gasteiger charge is 2.34. The first-order valence-corrected chi connectivity index (χ1v) is 6.69. The van der Waals surface area contributed by atoms with Crippen molar-refractivity contribution in [2.45, 2.75) is 12.1 Å². The smallest absolute Gasteiger partial charge is 0.336 e. The average Bonchev–Trinajstić information content (AvgIpc) is 2.46. The van der Waals surface area contributed by atoms with Crippen molar-refractivity contribution >= 4 is 35.8 Å². The van der Waals surface area contributed by atoms with E-state index in [1.165, 1.54) is 12.1 Å². The Kier molecular flexibility index (Phi) is 4.63. The van der Waals surface area contributed by atoms with Crippen molar-refractivity contribution in [2.75, 3.05) is 0 Å². The van der Waals surface area contributed by atoms with Crippen LogP contribution in [0.4, 0.5) is 13.2 Å². The number of benzene rings is 1. The van der Waals surface area contributed by atoms with Crippen LogP contribution in [0.5, 0.6) is 0 Å². The van der Waals surface area contributed by atoms with Crippen LogP contribution in [0.25, 0.3) is 0 Å². The predicted octanol–water partition coefficient (Wildman–Crippen LogP) is 3.69. The number of hydrogen-bond donors (Lipinski definition) is 1. The molecule has 0 saturated carbocycles. The molecule has 8 heteroatoms. The standard InChI is InChI=1S/C14H8Cl2F3NO2/c15-12-9(5-21)11(10(6-22)13(16)20-12)7-2-1-3-8(4-7)14(17,18)19/h1-6,11,20H. The first-order valence-electron chi connectivity index (χ1n) is 5.93. The number of dihydropyridines is 1. The van der Waals surface area contributed by atoms with Crippen LogP contribution in [-0.4, -0.2) is 12.6 Å². The Morgan fingerprint density at radius 1 is 1.05 bits per heavy atom. The lowest BCUT2D eigenvalue weighted by Gasteiger charge is -2.25. The summed E-state index contributed by atoms with van der Waals surface area (Å²) < 4.78 is 38.5. The summed E-state index contributed by atoms with van der Waals surface area (Å²) in [6.07, 6.45) is -3.78. The van der Waals surface area contributed by atoms with Crippen molar-refractivity contribution in [3.63, 3.8) is 0 Å². The summed E-state index contributed by atoms with van der Waals surface area (Å²) in [5.74, 6) is -1.06. The number of carbonyl (C=O) groups excluding carboxylic acids is 2. The normalized spacial score (nSPS) is 16.6. The Morgan fingerprint density at radius 2 is 1.59 bits per heavy atom. The zero-order valence-electron chi connectivity index (χ0n) is 10.7. The molecule has 116 valence electrons. The van der Waals surface area contributed by atoms with Gasteiger partial charge in [0.15, 0.2) is 0 Å². The fraction of sp³-hybridized carbons (Fsp3) is 0.143. The molecule has 0 aromatic heterocycles. The third-order valence-electron chi connectivity index (χ3n) is 3.15. The van der Waals surface area contributed by atoms with E-state index < -0.39 is 17.7 Å². The molecule has 2 rings (SSSR count). The fourth-order valence-electron chi connectivity index (χ4n) is 2.15. The minimum absolute atomic E-state index is 0.0625. The van der Waals surface area contributed by atoms with Crippen LogP contribution >= 0.6 is 23.2 Å². The summed E-state index contributed by atoms with van der Waals surface area (Å²) >= 11 is 11.7. The van der Waals surface area contributed by atoms with E-state index in [0.717, 1.165) is 12.1 Å². The number of nitrogens with one attached hydrogen (secondary N) is 1. The minimum Gasteiger partial charge on any atom is -0.336 e. The maximum absolute atomic E-state index is 12.8. The molecule has 3 nitrogen and oxygen atoms in total. The quantitative estimate of drug-likeness (QED) is 0.668. The molecule has 0 bridgehead atoms. The van der Waals surface area contributed by atoms with Crippen molar-refractivity contribution < 1.29 is 22.8 Å². The lowest BCUT2D eigenvalue weighted by atomic mass is 9.84. The highest BCUT2D eigenvalue weighted by Crippen LogP contribution is 2.39. The summed E-state index contributed by atoms with van der Waals surface area (Å²) in [4.78, 5) is 22.4. The number of carbonyl (C=O) groups is 2. The molecule has 0 aliphatic carbocycles. The van der Waals surface area contributed by atoms with Crippen molar-refractivity contribution in [1.82, 2.24) is 5.32 Å². The van der Waals surface area contributed by atoms with Crippen LogP contribution in [0.1, 0.15) is 17.0 Å². The van der Waals surface area contributed by atoms with Gasteiger partial charge in [0.2, 0.25) is 0 Å². The molecule has 1 aliphatic rings. The van der Waals surface area contributed by atoms with Gasteiger partial charge in [-0.15, -0.1) is 0 Å². The van der Waals surface area contributed by atoms with Crippen molar-refractivity contribution in [2.24, 2.45) is 0 Å². The van der Waals surface area contributed by atoms with Gasteiger partial charge in [-0.05, 0) is 11.6 Å². The zero-order chi connectivity index (χ0) is 16.5. The Hall–Kier alpha value is -1.79. The van der Waals surface area contributed by atoms with Gasteiger partial charge < -0.3 is 5.32 Å². The Balaban J connectivity index is 2.63. The van der Waals surface area contributed by atoms with Gasteiger partial charge in [0.05, 0.1) is 5.56 Å². The molecule has 1 aromatic carbocycles. The molecular weight excluding hydrogens is 342 g/mol. The zero-order valence-corrected chi connectivity index (χ0v) is 12.3. The largest absolute Gasteiger partial charge is 0.416 e. The van der Waals surface area contributed by atoms with Gasteiger partial charge in [0.25, 0.3) is 0 Å². The molecule has 22 heavy (non-hydrogen) atoms. The molecule has 0 spiro atoms. The van der Waals surface area contributed by atoms with Gasteiger partial charge in [-0.3, -0.25) is 9.59 Å². The fourth-order valence-corrected chi connectivity index (χ4v) is 2.70. The molecule has 0 amide bonds. The molecule has 0 radical (unpaired) electrons. The first-order chi connectivity index (χ1) is 10.3. The van der Waals surface area contributed by atoms with E-state index in [4.69, 9.17) is 23.2 Å². The van der Waals surface area contributed by atoms with E-state index in [2.05, 4.69) is 5.32 Å². The van der Waals surface area contributed by atoms with Gasteiger partial charge >= 0.3 is 6.18 Å². The van der Waals surface area contributed by atoms with Gasteiger partial charge in [0, 0.05) is 17.1 Å². The molecule has 0 unspecified atom stereocenters. The second-order valence-corrected chi connectivity index (χ2v) is 5.21. The predicted molar refractivity (Wildman–Crippen MR) is 75.2 cm³/mol. The van der Waals surface area contributed by atoms with Crippen LogP contribution in [0.2, 0.25) is 0 Å². The summed E-state index contributed by atoms with van der Waals surface area (Å²) in [5, 5.41) is 2.17. The second kappa shape index (κ2) is 6.14. The third-order valence-corrected chi connectivity index (χ3v) is 3.78. The van der Waals surface area contributed by atoms with Crippen LogP contribution in [0.3, 0.4) is 0 Å². The molecule has 1 N–H and O–H groups in total. The minimum atomic E-state index is -4.55. The summed E-state index contributed by atoms with van der Waals surface area (Å²) in [7, 11) is 0. The van der Waals surface area contributed by atoms with Crippen molar-refractivity contribution in [1.29, 1.82) is 0 Å². The highest BCUT2D eigenvalue weighted by atomic mass is 35.5. The van der Waals surface area contributed by atoms with Crippen LogP contribution in [-0.2, 0) is 15.8 Å². The molecule has 0 saturated heterocycles. The van der Waals surface area contributed by atoms with Crippen LogP contribution < -0.4 is 5.32 Å². The van der Waals surface area contributed by atoms with E-state index in [0.29, 0.717) is 12.6 Å². The van der Waals surface area contributed by atoms with E-state index in [1.807, 2.05) is 0 Å². The number of allylic oxidation sites excluding steroid dienone is 2. The van der Waals surface area contributed by atoms with Gasteiger partial charge in [-0.1, -0.05) is 41.4 Å². The monoisotopic (exact) mass is 349 g/mol. The number of halogens is 5. The number of aldehydes is 2. The number of hydrogen-bond acceptors (Lipinski definition) is 3. The Morgan fingerprint density at radius 3 is 2.05 bits per heavy atom. The Bertz CT molecular complexity index is 666. The molecule has 1 heterocycles. The highest BCUT2D eigenvalue weighted by molar-refractivity contribution is 6.35. The molecule has 1 aromatic rings. The van der Waals surface area contributed by atoms with Crippen LogP contribution in [0, 0.1) is 0 Å². The molecular formula is C14H8Cl2F3NO2. The number of alkyl halides is 3. The van der Waals surface area contributed by atoms with Gasteiger partial charge in [-0.2, -0.15) is 13.2 Å².